The fourth-order valence-electron chi connectivity index (χ4n) is 3.66. The average molecular weight is 354 g/mol. The van der Waals surface area contributed by atoms with Crippen LogP contribution in [0.5, 0.6) is 0 Å². The lowest BCUT2D eigenvalue weighted by molar-refractivity contribution is -0.00116. The fourth-order valence-corrected chi connectivity index (χ4v) is 3.66. The van der Waals surface area contributed by atoms with Crippen molar-refractivity contribution in [3.63, 3.8) is 0 Å². The molecule has 6 heteroatoms. The maximum atomic E-state index is 12.2. The lowest BCUT2D eigenvalue weighted by Gasteiger charge is -2.28. The molecular weight excluding hydrogens is 328 g/mol. The van der Waals surface area contributed by atoms with Gasteiger partial charge in [0.15, 0.2) is 5.82 Å². The Bertz CT molecular complexity index is 766. The Morgan fingerprint density at radius 2 is 1.88 bits per heavy atom. The molecule has 138 valence electrons. The van der Waals surface area contributed by atoms with Crippen molar-refractivity contribution in [1.82, 2.24) is 15.1 Å². The number of urea groups is 1. The Kier molecular flexibility index (Phi) is 4.44. The van der Waals surface area contributed by atoms with Crippen molar-refractivity contribution in [1.29, 1.82) is 0 Å². The maximum absolute atomic E-state index is 12.2. The first kappa shape index (κ1) is 17.1. The van der Waals surface area contributed by atoms with Crippen molar-refractivity contribution in [3.8, 4) is 0 Å². The van der Waals surface area contributed by atoms with E-state index in [1.807, 2.05) is 35.9 Å². The van der Waals surface area contributed by atoms with Gasteiger partial charge in [-0.15, -0.1) is 0 Å². The minimum atomic E-state index is -0.722. The zero-order valence-electron chi connectivity index (χ0n) is 15.1. The Morgan fingerprint density at radius 3 is 2.50 bits per heavy atom. The van der Waals surface area contributed by atoms with Crippen LogP contribution in [0, 0.1) is 18.8 Å². The third-order valence-corrected chi connectivity index (χ3v) is 5.50. The Balaban J connectivity index is 1.33. The van der Waals surface area contributed by atoms with Crippen LogP contribution in [0.4, 0.5) is 10.6 Å². The Labute approximate surface area is 153 Å². The van der Waals surface area contributed by atoms with E-state index in [0.717, 1.165) is 36.9 Å². The molecule has 0 bridgehead atoms. The van der Waals surface area contributed by atoms with Crippen molar-refractivity contribution in [2.45, 2.75) is 44.8 Å². The smallest absolute Gasteiger partial charge is 0.320 e. The van der Waals surface area contributed by atoms with Crippen LogP contribution in [0.3, 0.4) is 0 Å². The van der Waals surface area contributed by atoms with Gasteiger partial charge < -0.3 is 10.4 Å². The van der Waals surface area contributed by atoms with Gasteiger partial charge in [0.05, 0.1) is 12.1 Å². The van der Waals surface area contributed by atoms with Crippen LogP contribution in [-0.4, -0.2) is 33.1 Å². The van der Waals surface area contributed by atoms with Gasteiger partial charge in [-0.1, -0.05) is 30.3 Å². The van der Waals surface area contributed by atoms with Crippen molar-refractivity contribution >= 4 is 11.8 Å². The minimum absolute atomic E-state index is 0.311. The molecule has 0 radical (unpaired) electrons. The quantitative estimate of drug-likeness (QED) is 0.715. The summed E-state index contributed by atoms with van der Waals surface area (Å²) < 4.78 is 1.87. The molecule has 2 amide bonds. The number of rotatable bonds is 7. The van der Waals surface area contributed by atoms with E-state index in [4.69, 9.17) is 0 Å². The van der Waals surface area contributed by atoms with Crippen LogP contribution in [0.1, 0.15) is 36.9 Å². The lowest BCUT2D eigenvalue weighted by atomic mass is 9.92. The number of nitrogens with one attached hydrogen (secondary N) is 2. The van der Waals surface area contributed by atoms with Crippen LogP contribution < -0.4 is 10.6 Å². The molecule has 0 unspecified atom stereocenters. The number of carbonyl (C=O) groups is 1. The van der Waals surface area contributed by atoms with E-state index in [1.54, 1.807) is 0 Å². The van der Waals surface area contributed by atoms with Gasteiger partial charge in [-0.3, -0.25) is 10.00 Å². The van der Waals surface area contributed by atoms with Crippen LogP contribution in [-0.2, 0) is 6.54 Å². The van der Waals surface area contributed by atoms with Gasteiger partial charge in [0.25, 0.3) is 0 Å². The molecule has 6 nitrogen and oxygen atoms in total. The summed E-state index contributed by atoms with van der Waals surface area (Å²) >= 11 is 0. The molecule has 0 saturated heterocycles. The SMILES string of the molecule is Cc1cc(NC(=O)NCC(O)(C2CC2)C2CC2)nn1Cc1ccccc1. The van der Waals surface area contributed by atoms with Crippen LogP contribution in [0.25, 0.3) is 0 Å². The van der Waals surface area contributed by atoms with Gasteiger partial charge in [0.1, 0.15) is 0 Å². The molecule has 1 aromatic carbocycles. The first-order valence-electron chi connectivity index (χ1n) is 9.40. The van der Waals surface area contributed by atoms with E-state index in [9.17, 15) is 9.90 Å². The first-order valence-corrected chi connectivity index (χ1v) is 9.40. The van der Waals surface area contributed by atoms with E-state index in [2.05, 4.69) is 27.9 Å². The Hall–Kier alpha value is -2.34. The molecule has 3 N–H and O–H groups in total. The summed E-state index contributed by atoms with van der Waals surface area (Å²) in [6, 6.07) is 11.6. The number of aryl methyl sites for hydroxylation is 1. The Morgan fingerprint density at radius 1 is 1.23 bits per heavy atom. The molecule has 2 aliphatic rings. The highest BCUT2D eigenvalue weighted by Gasteiger charge is 2.53. The van der Waals surface area contributed by atoms with Crippen molar-refractivity contribution in [2.75, 3.05) is 11.9 Å². The molecule has 2 aromatic rings. The predicted octanol–water partition coefficient (Wildman–Crippen LogP) is 2.91. The van der Waals surface area contributed by atoms with Gasteiger partial charge in [0, 0.05) is 18.3 Å². The molecule has 1 aromatic heterocycles. The molecule has 2 saturated carbocycles. The zero-order chi connectivity index (χ0) is 18.1. The number of carbonyl (C=O) groups excluding carboxylic acids is 1. The summed E-state index contributed by atoms with van der Waals surface area (Å²) in [4.78, 5) is 12.2. The maximum Gasteiger partial charge on any atom is 0.320 e. The van der Waals surface area contributed by atoms with E-state index in [-0.39, 0.29) is 6.03 Å². The summed E-state index contributed by atoms with van der Waals surface area (Å²) in [5, 5.41) is 21.0. The third kappa shape index (κ3) is 3.75. The molecule has 0 spiro atoms. The highest BCUT2D eigenvalue weighted by Crippen LogP contribution is 2.51. The van der Waals surface area contributed by atoms with Crippen LogP contribution in [0.2, 0.25) is 0 Å². The second-order valence-corrected chi connectivity index (χ2v) is 7.66. The number of hydrogen-bond donors (Lipinski definition) is 3. The number of amides is 2. The number of benzene rings is 1. The summed E-state index contributed by atoms with van der Waals surface area (Å²) in [6.07, 6.45) is 4.28. The zero-order valence-corrected chi connectivity index (χ0v) is 15.1. The summed E-state index contributed by atoms with van der Waals surface area (Å²) in [5.74, 6) is 1.22. The topological polar surface area (TPSA) is 79.2 Å². The molecular formula is C20H26N4O2. The average Bonchev–Trinajstić information content (AvgIpc) is 3.53. The van der Waals surface area contributed by atoms with Gasteiger partial charge in [-0.05, 0) is 50.0 Å². The number of nitrogens with zero attached hydrogens (tertiary/aromatic N) is 2. The normalized spacial score (nSPS) is 17.2. The third-order valence-electron chi connectivity index (χ3n) is 5.50. The van der Waals surface area contributed by atoms with Crippen molar-refractivity contribution in [3.05, 3.63) is 47.7 Å². The second kappa shape index (κ2) is 6.76. The fraction of sp³-hybridized carbons (Fsp3) is 0.500. The number of aromatic nitrogens is 2. The van der Waals surface area contributed by atoms with E-state index < -0.39 is 5.60 Å². The molecule has 1 heterocycles. The minimum Gasteiger partial charge on any atom is -0.387 e. The number of anilines is 1. The van der Waals surface area contributed by atoms with Gasteiger partial charge in [-0.25, -0.2) is 4.79 Å². The van der Waals surface area contributed by atoms with E-state index in [1.165, 1.54) is 0 Å². The number of aliphatic hydroxyl groups is 1. The molecule has 4 rings (SSSR count). The van der Waals surface area contributed by atoms with Gasteiger partial charge in [0.2, 0.25) is 0 Å². The summed E-state index contributed by atoms with van der Waals surface area (Å²) in [6.45, 7) is 2.95. The highest BCUT2D eigenvalue weighted by atomic mass is 16.3. The predicted molar refractivity (Wildman–Crippen MR) is 99.9 cm³/mol. The van der Waals surface area contributed by atoms with Gasteiger partial charge in [-0.2, -0.15) is 5.10 Å². The second-order valence-electron chi connectivity index (χ2n) is 7.66. The van der Waals surface area contributed by atoms with Gasteiger partial charge >= 0.3 is 6.03 Å². The number of hydrogen-bond acceptors (Lipinski definition) is 3. The van der Waals surface area contributed by atoms with Crippen LogP contribution in [0.15, 0.2) is 36.4 Å². The standard InChI is InChI=1S/C20H26N4O2/c1-14-11-18(23-24(14)12-15-5-3-2-4-6-15)22-19(25)21-13-20(26,16-7-8-16)17-9-10-17/h2-6,11,16-17,26H,7-10,12-13H2,1H3,(H2,21,22,23,25). The highest BCUT2D eigenvalue weighted by molar-refractivity contribution is 5.88. The van der Waals surface area contributed by atoms with E-state index in [0.29, 0.717) is 30.7 Å². The molecule has 0 atom stereocenters. The summed E-state index contributed by atoms with van der Waals surface area (Å²) in [7, 11) is 0. The van der Waals surface area contributed by atoms with Crippen molar-refractivity contribution in [2.24, 2.45) is 11.8 Å². The molecule has 2 aliphatic carbocycles. The lowest BCUT2D eigenvalue weighted by Crippen LogP contribution is -2.47. The van der Waals surface area contributed by atoms with Crippen molar-refractivity contribution < 1.29 is 9.90 Å². The molecule has 26 heavy (non-hydrogen) atoms. The first-order chi connectivity index (χ1) is 12.5. The molecule has 0 aliphatic heterocycles. The monoisotopic (exact) mass is 354 g/mol. The summed E-state index contributed by atoms with van der Waals surface area (Å²) in [5.41, 5.74) is 1.42. The van der Waals surface area contributed by atoms with E-state index >= 15 is 0 Å². The van der Waals surface area contributed by atoms with Crippen LogP contribution >= 0.6 is 0 Å². The largest absolute Gasteiger partial charge is 0.387 e. The molecule has 2 fully saturated rings.